The van der Waals surface area contributed by atoms with Gasteiger partial charge in [0.25, 0.3) is 0 Å². The van der Waals surface area contributed by atoms with E-state index in [2.05, 4.69) is 43.4 Å². The maximum Gasteiger partial charge on any atom is 0.246 e. The molecule has 0 aromatic heterocycles. The van der Waals surface area contributed by atoms with Crippen molar-refractivity contribution in [2.24, 2.45) is 0 Å². The zero-order valence-electron chi connectivity index (χ0n) is 12.9. The molecule has 0 saturated heterocycles. The predicted molar refractivity (Wildman–Crippen MR) is 85.0 cm³/mol. The van der Waals surface area contributed by atoms with Crippen LogP contribution in [0.2, 0.25) is 0 Å². The van der Waals surface area contributed by atoms with Gasteiger partial charge in [-0.05, 0) is 31.5 Å². The van der Waals surface area contributed by atoms with Crippen molar-refractivity contribution >= 4 is 5.69 Å². The number of benzene rings is 2. The van der Waals surface area contributed by atoms with Crippen molar-refractivity contribution in [3.05, 3.63) is 53.6 Å². The van der Waals surface area contributed by atoms with Gasteiger partial charge >= 0.3 is 0 Å². The number of hydrogen-bond donors (Lipinski definition) is 1. The lowest BCUT2D eigenvalue weighted by molar-refractivity contribution is -0.0431. The van der Waals surface area contributed by atoms with Crippen LogP contribution in [-0.2, 0) is 0 Å². The topological polar surface area (TPSA) is 30.5 Å². The first-order chi connectivity index (χ1) is 9.93. The molecule has 2 aromatic carbocycles. The van der Waals surface area contributed by atoms with Crippen LogP contribution in [-0.4, -0.2) is 5.79 Å². The van der Waals surface area contributed by atoms with Gasteiger partial charge in [-0.25, -0.2) is 0 Å². The van der Waals surface area contributed by atoms with E-state index in [9.17, 15) is 0 Å². The SMILES string of the molecule is Cc1ccc(C(C)Nc2ccc3c(c2)OC(C)(C)O3)cc1. The van der Waals surface area contributed by atoms with Crippen molar-refractivity contribution < 1.29 is 9.47 Å². The summed E-state index contributed by atoms with van der Waals surface area (Å²) < 4.78 is 11.5. The maximum atomic E-state index is 5.78. The molecule has 0 amide bonds. The van der Waals surface area contributed by atoms with Crippen LogP contribution in [0.25, 0.3) is 0 Å². The number of hydrogen-bond acceptors (Lipinski definition) is 3. The van der Waals surface area contributed by atoms with Gasteiger partial charge in [0.05, 0.1) is 0 Å². The Balaban J connectivity index is 1.76. The highest BCUT2D eigenvalue weighted by molar-refractivity contribution is 5.57. The predicted octanol–water partition coefficient (Wildman–Crippen LogP) is 4.68. The molecule has 110 valence electrons. The van der Waals surface area contributed by atoms with E-state index in [1.807, 2.05) is 32.0 Å². The molecule has 1 aliphatic heterocycles. The molecule has 3 nitrogen and oxygen atoms in total. The number of rotatable bonds is 3. The normalized spacial score (nSPS) is 16.6. The first-order valence-electron chi connectivity index (χ1n) is 7.28. The van der Waals surface area contributed by atoms with Gasteiger partial charge in [-0.15, -0.1) is 0 Å². The fourth-order valence-corrected chi connectivity index (χ4v) is 2.50. The van der Waals surface area contributed by atoms with Crippen molar-refractivity contribution in [2.45, 2.75) is 39.5 Å². The maximum absolute atomic E-state index is 5.78. The summed E-state index contributed by atoms with van der Waals surface area (Å²) in [6.45, 7) is 8.07. The summed E-state index contributed by atoms with van der Waals surface area (Å²) in [6, 6.07) is 14.8. The monoisotopic (exact) mass is 283 g/mol. The molecule has 0 aliphatic carbocycles. The Labute approximate surface area is 125 Å². The van der Waals surface area contributed by atoms with Gasteiger partial charge < -0.3 is 14.8 Å². The summed E-state index contributed by atoms with van der Waals surface area (Å²) in [4.78, 5) is 0. The molecule has 0 radical (unpaired) electrons. The van der Waals surface area contributed by atoms with E-state index in [0.717, 1.165) is 17.2 Å². The highest BCUT2D eigenvalue weighted by atomic mass is 16.7. The molecule has 2 aromatic rings. The second-order valence-corrected chi connectivity index (χ2v) is 6.04. The molecular weight excluding hydrogens is 262 g/mol. The number of fused-ring (bicyclic) bond motifs is 1. The van der Waals surface area contributed by atoms with Gasteiger partial charge in [0.15, 0.2) is 11.5 Å². The average molecular weight is 283 g/mol. The first kappa shape index (κ1) is 13.8. The zero-order chi connectivity index (χ0) is 15.0. The molecular formula is C18H21NO2. The second-order valence-electron chi connectivity index (χ2n) is 6.04. The molecule has 1 atom stereocenters. The largest absolute Gasteiger partial charge is 0.449 e. The highest BCUT2D eigenvalue weighted by Crippen LogP contribution is 2.41. The third-order valence-electron chi connectivity index (χ3n) is 3.62. The van der Waals surface area contributed by atoms with Crippen LogP contribution in [0, 0.1) is 6.92 Å². The van der Waals surface area contributed by atoms with Crippen molar-refractivity contribution in [1.82, 2.24) is 0 Å². The summed E-state index contributed by atoms with van der Waals surface area (Å²) in [7, 11) is 0. The van der Waals surface area contributed by atoms with E-state index in [-0.39, 0.29) is 6.04 Å². The lowest BCUT2D eigenvalue weighted by Crippen LogP contribution is -2.29. The Hall–Kier alpha value is -2.16. The van der Waals surface area contributed by atoms with Crippen LogP contribution in [0.4, 0.5) is 5.69 Å². The van der Waals surface area contributed by atoms with Gasteiger partial charge in [-0.3, -0.25) is 0 Å². The van der Waals surface area contributed by atoms with Crippen LogP contribution >= 0.6 is 0 Å². The van der Waals surface area contributed by atoms with Crippen LogP contribution in [0.1, 0.15) is 37.9 Å². The van der Waals surface area contributed by atoms with Crippen LogP contribution in [0.5, 0.6) is 11.5 Å². The summed E-state index contributed by atoms with van der Waals surface area (Å²) in [5.74, 6) is 1.01. The van der Waals surface area contributed by atoms with E-state index in [0.29, 0.717) is 0 Å². The molecule has 1 heterocycles. The first-order valence-corrected chi connectivity index (χ1v) is 7.28. The van der Waals surface area contributed by atoms with Gasteiger partial charge in [0.1, 0.15) is 0 Å². The smallest absolute Gasteiger partial charge is 0.246 e. The fourth-order valence-electron chi connectivity index (χ4n) is 2.50. The summed E-state index contributed by atoms with van der Waals surface area (Å²) >= 11 is 0. The second kappa shape index (κ2) is 4.99. The van der Waals surface area contributed by atoms with E-state index in [1.54, 1.807) is 0 Å². The van der Waals surface area contributed by atoms with Crippen molar-refractivity contribution in [1.29, 1.82) is 0 Å². The molecule has 0 bridgehead atoms. The van der Waals surface area contributed by atoms with Crippen molar-refractivity contribution in [3.63, 3.8) is 0 Å². The van der Waals surface area contributed by atoms with Gasteiger partial charge in [-0.1, -0.05) is 29.8 Å². The van der Waals surface area contributed by atoms with E-state index >= 15 is 0 Å². The fraction of sp³-hybridized carbons (Fsp3) is 0.333. The average Bonchev–Trinajstić information content (AvgIpc) is 2.72. The number of aryl methyl sites for hydroxylation is 1. The van der Waals surface area contributed by atoms with E-state index < -0.39 is 5.79 Å². The van der Waals surface area contributed by atoms with Crippen LogP contribution < -0.4 is 14.8 Å². The van der Waals surface area contributed by atoms with Crippen LogP contribution in [0.15, 0.2) is 42.5 Å². The minimum absolute atomic E-state index is 0.235. The number of nitrogens with one attached hydrogen (secondary N) is 1. The van der Waals surface area contributed by atoms with Gasteiger partial charge in [-0.2, -0.15) is 0 Å². The Morgan fingerprint density at radius 3 is 2.33 bits per heavy atom. The molecule has 1 unspecified atom stereocenters. The Morgan fingerprint density at radius 2 is 1.62 bits per heavy atom. The van der Waals surface area contributed by atoms with E-state index in [1.165, 1.54) is 11.1 Å². The molecule has 3 rings (SSSR count). The third-order valence-corrected chi connectivity index (χ3v) is 3.62. The highest BCUT2D eigenvalue weighted by Gasteiger charge is 2.31. The summed E-state index contributed by atoms with van der Waals surface area (Å²) in [6.07, 6.45) is 0. The lowest BCUT2D eigenvalue weighted by Gasteiger charge is -2.16. The quantitative estimate of drug-likeness (QED) is 0.887. The van der Waals surface area contributed by atoms with Crippen LogP contribution in [0.3, 0.4) is 0 Å². The Bertz CT molecular complexity index is 647. The molecule has 0 spiro atoms. The number of anilines is 1. The molecule has 0 fully saturated rings. The standard InChI is InChI=1S/C18H21NO2/c1-12-5-7-14(8-6-12)13(2)19-15-9-10-16-17(11-15)21-18(3,4)20-16/h5-11,13,19H,1-4H3. The molecule has 1 N–H and O–H groups in total. The minimum atomic E-state index is -0.580. The Kier molecular flexibility index (Phi) is 3.28. The third kappa shape index (κ3) is 2.97. The summed E-state index contributed by atoms with van der Waals surface area (Å²) in [5, 5.41) is 3.50. The van der Waals surface area contributed by atoms with Crippen molar-refractivity contribution in [2.75, 3.05) is 5.32 Å². The molecule has 21 heavy (non-hydrogen) atoms. The zero-order valence-corrected chi connectivity index (χ0v) is 12.9. The van der Waals surface area contributed by atoms with Crippen molar-refractivity contribution in [3.8, 4) is 11.5 Å². The van der Waals surface area contributed by atoms with E-state index in [4.69, 9.17) is 9.47 Å². The van der Waals surface area contributed by atoms with Gasteiger partial charge in [0, 0.05) is 31.6 Å². The number of ether oxygens (including phenoxy) is 2. The molecule has 3 heteroatoms. The molecule has 1 aliphatic rings. The minimum Gasteiger partial charge on any atom is -0.449 e. The summed E-state index contributed by atoms with van der Waals surface area (Å²) in [5.41, 5.74) is 3.57. The van der Waals surface area contributed by atoms with Gasteiger partial charge in [0.2, 0.25) is 5.79 Å². The lowest BCUT2D eigenvalue weighted by atomic mass is 10.1. The molecule has 0 saturated carbocycles. The Morgan fingerprint density at radius 1 is 0.952 bits per heavy atom.